The summed E-state index contributed by atoms with van der Waals surface area (Å²) in [5.74, 6) is -0.139. The Kier molecular flexibility index (Phi) is 4.40. The van der Waals surface area contributed by atoms with Crippen LogP contribution in [0.3, 0.4) is 0 Å². The van der Waals surface area contributed by atoms with Crippen molar-refractivity contribution in [3.05, 3.63) is 34.9 Å². The molecule has 1 N–H and O–H groups in total. The summed E-state index contributed by atoms with van der Waals surface area (Å²) in [6, 6.07) is 7.62. The van der Waals surface area contributed by atoms with Gasteiger partial charge in [0.2, 0.25) is 0 Å². The van der Waals surface area contributed by atoms with E-state index in [4.69, 9.17) is 16.3 Å². The summed E-state index contributed by atoms with van der Waals surface area (Å²) in [5, 5.41) is 3.96. The molecule has 0 radical (unpaired) electrons. The molecule has 3 nitrogen and oxygen atoms in total. The van der Waals surface area contributed by atoms with Crippen LogP contribution in [0.2, 0.25) is 5.02 Å². The van der Waals surface area contributed by atoms with Crippen molar-refractivity contribution in [3.8, 4) is 0 Å². The van der Waals surface area contributed by atoms with Crippen molar-refractivity contribution < 1.29 is 9.53 Å². The van der Waals surface area contributed by atoms with Crippen molar-refractivity contribution in [2.45, 2.75) is 31.9 Å². The summed E-state index contributed by atoms with van der Waals surface area (Å²) in [6.45, 7) is 1.33. The predicted octanol–water partition coefficient (Wildman–Crippen LogP) is 2.53. The lowest BCUT2D eigenvalue weighted by molar-refractivity contribution is -0.145. The van der Waals surface area contributed by atoms with Gasteiger partial charge in [-0.15, -0.1) is 0 Å². The molecule has 1 aliphatic rings. The highest BCUT2D eigenvalue weighted by Gasteiger charge is 2.18. The normalized spacial score (nSPS) is 19.2. The molecule has 0 bridgehead atoms. The Balaban J connectivity index is 1.73. The number of halogens is 1. The van der Waals surface area contributed by atoms with Crippen molar-refractivity contribution >= 4 is 17.6 Å². The predicted molar refractivity (Wildman–Crippen MR) is 66.9 cm³/mol. The van der Waals surface area contributed by atoms with Gasteiger partial charge < -0.3 is 10.1 Å². The second kappa shape index (κ2) is 6.03. The Hall–Kier alpha value is -1.06. The number of ether oxygens (including phenoxy) is 1. The second-order valence-corrected chi connectivity index (χ2v) is 4.72. The molecule has 2 rings (SSSR count). The minimum atomic E-state index is -0.139. The first-order chi connectivity index (χ1) is 8.24. The van der Waals surface area contributed by atoms with E-state index in [9.17, 15) is 4.79 Å². The van der Waals surface area contributed by atoms with E-state index in [0.717, 1.165) is 24.9 Å². The zero-order valence-electron chi connectivity index (χ0n) is 9.62. The van der Waals surface area contributed by atoms with E-state index in [-0.39, 0.29) is 5.97 Å². The molecule has 1 unspecified atom stereocenters. The van der Waals surface area contributed by atoms with Crippen molar-refractivity contribution in [1.82, 2.24) is 5.32 Å². The van der Waals surface area contributed by atoms with Gasteiger partial charge in [-0.3, -0.25) is 4.79 Å². The molecule has 17 heavy (non-hydrogen) atoms. The quantitative estimate of drug-likeness (QED) is 0.838. The Morgan fingerprint density at radius 1 is 1.41 bits per heavy atom. The van der Waals surface area contributed by atoms with Crippen LogP contribution in [-0.2, 0) is 16.1 Å². The lowest BCUT2D eigenvalue weighted by Gasteiger charge is -2.09. The molecule has 1 heterocycles. The smallest absolute Gasteiger partial charge is 0.307 e. The maximum Gasteiger partial charge on any atom is 0.307 e. The Morgan fingerprint density at radius 2 is 2.18 bits per heavy atom. The third-order valence-electron chi connectivity index (χ3n) is 2.89. The zero-order chi connectivity index (χ0) is 12.1. The first-order valence-corrected chi connectivity index (χ1v) is 6.25. The average molecular weight is 254 g/mol. The molecule has 1 fully saturated rings. The average Bonchev–Trinajstić information content (AvgIpc) is 2.81. The maximum absolute atomic E-state index is 11.6. The monoisotopic (exact) mass is 253 g/mol. The van der Waals surface area contributed by atoms with Crippen molar-refractivity contribution in [3.63, 3.8) is 0 Å². The molecule has 1 aromatic rings. The topological polar surface area (TPSA) is 38.3 Å². The van der Waals surface area contributed by atoms with E-state index in [1.54, 1.807) is 12.1 Å². The fraction of sp³-hybridized carbons (Fsp3) is 0.462. The van der Waals surface area contributed by atoms with Gasteiger partial charge in [-0.1, -0.05) is 23.7 Å². The van der Waals surface area contributed by atoms with E-state index >= 15 is 0 Å². The molecule has 92 valence electrons. The molecule has 1 aliphatic heterocycles. The second-order valence-electron chi connectivity index (χ2n) is 4.28. The standard InChI is InChI=1S/C13H16ClNO2/c14-11-5-3-10(4-6-11)9-17-13(16)8-12-2-1-7-15-12/h3-6,12,15H,1-2,7-9H2. The summed E-state index contributed by atoms with van der Waals surface area (Å²) in [5.41, 5.74) is 0.960. The number of esters is 1. The summed E-state index contributed by atoms with van der Waals surface area (Å²) >= 11 is 5.77. The van der Waals surface area contributed by atoms with Gasteiger partial charge in [0.15, 0.2) is 0 Å². The number of hydrogen-bond donors (Lipinski definition) is 1. The minimum Gasteiger partial charge on any atom is -0.461 e. The molecule has 1 aromatic carbocycles. The maximum atomic E-state index is 11.6. The minimum absolute atomic E-state index is 0.139. The van der Waals surface area contributed by atoms with Gasteiger partial charge >= 0.3 is 5.97 Å². The highest BCUT2D eigenvalue weighted by molar-refractivity contribution is 6.30. The number of nitrogens with one attached hydrogen (secondary N) is 1. The van der Waals surface area contributed by atoms with Crippen LogP contribution >= 0.6 is 11.6 Å². The highest BCUT2D eigenvalue weighted by Crippen LogP contribution is 2.12. The van der Waals surface area contributed by atoms with E-state index in [2.05, 4.69) is 5.32 Å². The third kappa shape index (κ3) is 4.02. The Labute approximate surface area is 106 Å². The molecule has 0 aromatic heterocycles. The fourth-order valence-electron chi connectivity index (χ4n) is 1.94. The number of carbonyl (C=O) groups excluding carboxylic acids is 1. The summed E-state index contributed by atoms with van der Waals surface area (Å²) in [6.07, 6.45) is 2.68. The van der Waals surface area contributed by atoms with E-state index < -0.39 is 0 Å². The van der Waals surface area contributed by atoms with Gasteiger partial charge in [0.25, 0.3) is 0 Å². The van der Waals surface area contributed by atoms with Crippen molar-refractivity contribution in [2.75, 3.05) is 6.54 Å². The van der Waals surface area contributed by atoms with Gasteiger partial charge in [0.1, 0.15) is 6.61 Å². The SMILES string of the molecule is O=C(CC1CCCN1)OCc1ccc(Cl)cc1. The number of carbonyl (C=O) groups is 1. The van der Waals surface area contributed by atoms with Crippen molar-refractivity contribution in [1.29, 1.82) is 0 Å². The van der Waals surface area contributed by atoms with Crippen LogP contribution in [-0.4, -0.2) is 18.6 Å². The largest absolute Gasteiger partial charge is 0.461 e. The fourth-order valence-corrected chi connectivity index (χ4v) is 2.06. The van der Waals surface area contributed by atoms with Crippen LogP contribution in [0.25, 0.3) is 0 Å². The molecule has 1 saturated heterocycles. The van der Waals surface area contributed by atoms with Crippen LogP contribution in [0.4, 0.5) is 0 Å². The van der Waals surface area contributed by atoms with Gasteiger partial charge in [-0.2, -0.15) is 0 Å². The molecular weight excluding hydrogens is 238 g/mol. The Bertz CT molecular complexity index is 372. The molecule has 0 aliphatic carbocycles. The third-order valence-corrected chi connectivity index (χ3v) is 3.14. The molecule has 0 saturated carbocycles. The van der Waals surface area contributed by atoms with Crippen LogP contribution in [0.15, 0.2) is 24.3 Å². The van der Waals surface area contributed by atoms with Gasteiger partial charge in [0, 0.05) is 11.1 Å². The first-order valence-electron chi connectivity index (χ1n) is 5.87. The molecular formula is C13H16ClNO2. The van der Waals surface area contributed by atoms with E-state index in [1.807, 2.05) is 12.1 Å². The number of hydrogen-bond acceptors (Lipinski definition) is 3. The lowest BCUT2D eigenvalue weighted by Crippen LogP contribution is -2.25. The number of benzene rings is 1. The molecule has 0 spiro atoms. The van der Waals surface area contributed by atoms with Crippen molar-refractivity contribution in [2.24, 2.45) is 0 Å². The summed E-state index contributed by atoms with van der Waals surface area (Å²) in [7, 11) is 0. The van der Waals surface area contributed by atoms with Crippen LogP contribution < -0.4 is 5.32 Å². The van der Waals surface area contributed by atoms with Gasteiger partial charge in [0.05, 0.1) is 6.42 Å². The lowest BCUT2D eigenvalue weighted by atomic mass is 10.1. The summed E-state index contributed by atoms with van der Waals surface area (Å²) in [4.78, 5) is 11.6. The van der Waals surface area contributed by atoms with Gasteiger partial charge in [-0.05, 0) is 37.1 Å². The first kappa shape index (κ1) is 12.4. The Morgan fingerprint density at radius 3 is 2.82 bits per heavy atom. The summed E-state index contributed by atoms with van der Waals surface area (Å²) < 4.78 is 5.21. The van der Waals surface area contributed by atoms with E-state index in [1.165, 1.54) is 0 Å². The zero-order valence-corrected chi connectivity index (χ0v) is 10.4. The highest BCUT2D eigenvalue weighted by atomic mass is 35.5. The van der Waals surface area contributed by atoms with Crippen LogP contribution in [0.1, 0.15) is 24.8 Å². The number of rotatable bonds is 4. The molecule has 0 amide bonds. The van der Waals surface area contributed by atoms with E-state index in [0.29, 0.717) is 24.1 Å². The van der Waals surface area contributed by atoms with Crippen LogP contribution in [0.5, 0.6) is 0 Å². The molecule has 4 heteroatoms. The molecule has 1 atom stereocenters. The van der Waals surface area contributed by atoms with Gasteiger partial charge in [-0.25, -0.2) is 0 Å². The van der Waals surface area contributed by atoms with Crippen LogP contribution in [0, 0.1) is 0 Å².